The highest BCUT2D eigenvalue weighted by Crippen LogP contribution is 2.19. The third-order valence-electron chi connectivity index (χ3n) is 5.57. The standard InChI is InChI=1S/C23H34N6O6/c1-13(23(34)35)27-22(33)19(10-14-11-26-17-7-3-2-6-15(14)17)29-21(32)18(8-4-5-9-24)28-20(31)16(25)12-30/h2-3,6-7,11,13,16,18-19,26,30H,4-5,8-10,12,24-25H2,1H3,(H,27,33)(H,28,31)(H,29,32)(H,34,35). The average molecular weight is 491 g/mol. The Morgan fingerprint density at radius 2 is 1.66 bits per heavy atom. The molecular formula is C23H34N6O6. The molecule has 0 radical (unpaired) electrons. The van der Waals surface area contributed by atoms with Crippen LogP contribution in [0.2, 0.25) is 0 Å². The first kappa shape index (κ1) is 27.8. The van der Waals surface area contributed by atoms with Crippen molar-refractivity contribution in [2.24, 2.45) is 11.5 Å². The number of aliphatic hydroxyl groups is 1. The van der Waals surface area contributed by atoms with Crippen LogP contribution >= 0.6 is 0 Å². The van der Waals surface area contributed by atoms with E-state index in [2.05, 4.69) is 20.9 Å². The molecule has 10 N–H and O–H groups in total. The lowest BCUT2D eigenvalue weighted by Crippen LogP contribution is -2.57. The number of carboxylic acids is 1. The average Bonchev–Trinajstić information content (AvgIpc) is 3.24. The fraction of sp³-hybridized carbons (Fsp3) is 0.478. The van der Waals surface area contributed by atoms with E-state index in [1.807, 2.05) is 24.3 Å². The Hall–Kier alpha value is -3.48. The second kappa shape index (κ2) is 13.4. The molecule has 2 aromatic rings. The first-order valence-electron chi connectivity index (χ1n) is 11.4. The van der Waals surface area contributed by atoms with Gasteiger partial charge in [-0.05, 0) is 44.4 Å². The van der Waals surface area contributed by atoms with Crippen LogP contribution in [0.1, 0.15) is 31.7 Å². The smallest absolute Gasteiger partial charge is 0.325 e. The van der Waals surface area contributed by atoms with Gasteiger partial charge in [-0.1, -0.05) is 18.2 Å². The van der Waals surface area contributed by atoms with Crippen LogP contribution in [0.5, 0.6) is 0 Å². The Labute approximate surface area is 202 Å². The number of nitrogens with one attached hydrogen (secondary N) is 4. The first-order chi connectivity index (χ1) is 16.7. The number of fused-ring (bicyclic) bond motifs is 1. The topological polar surface area (TPSA) is 213 Å². The molecule has 192 valence electrons. The van der Waals surface area contributed by atoms with Crippen LogP contribution in [0.15, 0.2) is 30.5 Å². The van der Waals surface area contributed by atoms with Gasteiger partial charge in [-0.25, -0.2) is 0 Å². The van der Waals surface area contributed by atoms with E-state index in [4.69, 9.17) is 16.6 Å². The molecule has 0 fully saturated rings. The van der Waals surface area contributed by atoms with Crippen LogP contribution in [-0.4, -0.2) is 76.2 Å². The molecule has 0 spiro atoms. The second-order valence-electron chi connectivity index (χ2n) is 8.33. The Morgan fingerprint density at radius 3 is 2.31 bits per heavy atom. The van der Waals surface area contributed by atoms with Crippen molar-refractivity contribution in [3.63, 3.8) is 0 Å². The van der Waals surface area contributed by atoms with Gasteiger partial charge in [0, 0.05) is 23.5 Å². The Bertz CT molecular complexity index is 1020. The van der Waals surface area contributed by atoms with Crippen molar-refractivity contribution < 1.29 is 29.4 Å². The lowest BCUT2D eigenvalue weighted by atomic mass is 10.0. The summed E-state index contributed by atoms with van der Waals surface area (Å²) >= 11 is 0. The number of unbranched alkanes of at least 4 members (excludes halogenated alkanes) is 1. The molecule has 0 aliphatic carbocycles. The number of nitrogens with two attached hydrogens (primary N) is 2. The molecule has 0 aliphatic heterocycles. The number of para-hydroxylation sites is 1. The third-order valence-corrected chi connectivity index (χ3v) is 5.57. The van der Waals surface area contributed by atoms with Gasteiger partial charge in [0.2, 0.25) is 17.7 Å². The molecule has 0 bridgehead atoms. The van der Waals surface area contributed by atoms with Crippen LogP contribution in [0.25, 0.3) is 10.9 Å². The lowest BCUT2D eigenvalue weighted by Gasteiger charge is -2.24. The summed E-state index contributed by atoms with van der Waals surface area (Å²) in [5.74, 6) is -3.25. The molecule has 35 heavy (non-hydrogen) atoms. The number of aromatic nitrogens is 1. The Balaban J connectivity index is 2.26. The molecule has 12 heteroatoms. The number of amides is 3. The highest BCUT2D eigenvalue weighted by atomic mass is 16.4. The number of aromatic amines is 1. The number of benzene rings is 1. The molecule has 1 aromatic heterocycles. The quantitative estimate of drug-likeness (QED) is 0.149. The van der Waals surface area contributed by atoms with E-state index in [1.54, 1.807) is 6.20 Å². The molecule has 0 saturated carbocycles. The molecule has 0 aliphatic rings. The van der Waals surface area contributed by atoms with E-state index < -0.39 is 54.5 Å². The van der Waals surface area contributed by atoms with Crippen molar-refractivity contribution in [1.82, 2.24) is 20.9 Å². The molecule has 3 amide bonds. The maximum Gasteiger partial charge on any atom is 0.325 e. The number of carboxylic acid groups (broad SMARTS) is 1. The number of aliphatic hydroxyl groups excluding tert-OH is 1. The third kappa shape index (κ3) is 8.05. The normalized spacial score (nSPS) is 14.5. The van der Waals surface area contributed by atoms with Crippen LogP contribution in [0.4, 0.5) is 0 Å². The minimum Gasteiger partial charge on any atom is -0.480 e. The summed E-state index contributed by atoms with van der Waals surface area (Å²) in [6, 6.07) is 2.90. The second-order valence-corrected chi connectivity index (χ2v) is 8.33. The van der Waals surface area contributed by atoms with E-state index in [0.29, 0.717) is 19.4 Å². The predicted molar refractivity (Wildman–Crippen MR) is 129 cm³/mol. The largest absolute Gasteiger partial charge is 0.480 e. The first-order valence-corrected chi connectivity index (χ1v) is 11.4. The van der Waals surface area contributed by atoms with Gasteiger partial charge in [0.1, 0.15) is 24.2 Å². The van der Waals surface area contributed by atoms with Crippen LogP contribution in [0.3, 0.4) is 0 Å². The summed E-state index contributed by atoms with van der Waals surface area (Å²) in [6.45, 7) is 1.12. The monoisotopic (exact) mass is 490 g/mol. The van der Waals surface area contributed by atoms with E-state index in [9.17, 15) is 24.3 Å². The maximum absolute atomic E-state index is 13.1. The number of carbonyl (C=O) groups is 4. The molecule has 12 nitrogen and oxygen atoms in total. The molecule has 4 unspecified atom stereocenters. The minimum absolute atomic E-state index is 0.0769. The fourth-order valence-corrected chi connectivity index (χ4v) is 3.50. The van der Waals surface area contributed by atoms with Crippen molar-refractivity contribution in [1.29, 1.82) is 0 Å². The lowest BCUT2D eigenvalue weighted by molar-refractivity contribution is -0.141. The highest BCUT2D eigenvalue weighted by molar-refractivity contribution is 5.94. The van der Waals surface area contributed by atoms with Crippen LogP contribution in [-0.2, 0) is 25.6 Å². The molecule has 4 atom stereocenters. The fourth-order valence-electron chi connectivity index (χ4n) is 3.50. The van der Waals surface area contributed by atoms with Crippen molar-refractivity contribution in [2.45, 2.75) is 56.8 Å². The van der Waals surface area contributed by atoms with Crippen molar-refractivity contribution in [3.8, 4) is 0 Å². The molecular weight excluding hydrogens is 456 g/mol. The zero-order valence-corrected chi connectivity index (χ0v) is 19.6. The maximum atomic E-state index is 13.1. The summed E-state index contributed by atoms with van der Waals surface area (Å²) < 4.78 is 0. The number of rotatable bonds is 14. The van der Waals surface area contributed by atoms with Gasteiger partial charge in [-0.2, -0.15) is 0 Å². The van der Waals surface area contributed by atoms with Gasteiger partial charge in [0.05, 0.1) is 6.61 Å². The summed E-state index contributed by atoms with van der Waals surface area (Å²) in [5.41, 5.74) is 12.7. The van der Waals surface area contributed by atoms with Gasteiger partial charge in [-0.15, -0.1) is 0 Å². The van der Waals surface area contributed by atoms with Gasteiger partial charge in [-0.3, -0.25) is 19.2 Å². The molecule has 1 aromatic carbocycles. The van der Waals surface area contributed by atoms with Gasteiger partial charge in [0.25, 0.3) is 0 Å². The van der Waals surface area contributed by atoms with Gasteiger partial charge in [0.15, 0.2) is 0 Å². The Morgan fingerprint density at radius 1 is 1.00 bits per heavy atom. The van der Waals surface area contributed by atoms with Crippen molar-refractivity contribution in [2.75, 3.05) is 13.2 Å². The Kier molecular flexibility index (Phi) is 10.6. The number of hydrogen-bond donors (Lipinski definition) is 8. The van der Waals surface area contributed by atoms with E-state index in [1.165, 1.54) is 6.92 Å². The number of H-pyrrole nitrogens is 1. The number of aliphatic carboxylic acids is 1. The zero-order chi connectivity index (χ0) is 26.0. The van der Waals surface area contributed by atoms with Crippen LogP contribution < -0.4 is 27.4 Å². The number of carbonyl (C=O) groups excluding carboxylic acids is 3. The van der Waals surface area contributed by atoms with E-state index in [0.717, 1.165) is 16.5 Å². The van der Waals surface area contributed by atoms with E-state index in [-0.39, 0.29) is 12.8 Å². The van der Waals surface area contributed by atoms with Crippen molar-refractivity contribution in [3.05, 3.63) is 36.0 Å². The molecule has 1 heterocycles. The van der Waals surface area contributed by atoms with Crippen LogP contribution in [0, 0.1) is 0 Å². The SMILES string of the molecule is CC(NC(=O)C(Cc1c[nH]c2ccccc12)NC(=O)C(CCCCN)NC(=O)C(N)CO)C(=O)O. The van der Waals surface area contributed by atoms with E-state index >= 15 is 0 Å². The van der Waals surface area contributed by atoms with Gasteiger partial charge < -0.3 is 42.6 Å². The van der Waals surface area contributed by atoms with Crippen molar-refractivity contribution >= 4 is 34.6 Å². The minimum atomic E-state index is -1.22. The summed E-state index contributed by atoms with van der Waals surface area (Å²) in [7, 11) is 0. The summed E-state index contributed by atoms with van der Waals surface area (Å²) in [6.07, 6.45) is 3.17. The molecule has 2 rings (SSSR count). The highest BCUT2D eigenvalue weighted by Gasteiger charge is 2.29. The summed E-state index contributed by atoms with van der Waals surface area (Å²) in [5, 5.41) is 26.7. The number of hydrogen-bond acceptors (Lipinski definition) is 7. The summed E-state index contributed by atoms with van der Waals surface area (Å²) in [4.78, 5) is 52.7. The van der Waals surface area contributed by atoms with Gasteiger partial charge >= 0.3 is 5.97 Å². The predicted octanol–water partition coefficient (Wildman–Crippen LogP) is -1.28. The zero-order valence-electron chi connectivity index (χ0n) is 19.6. The molecule has 0 saturated heterocycles.